The molecule has 0 aromatic carbocycles. The zero-order valence-corrected chi connectivity index (χ0v) is 8.07. The Morgan fingerprint density at radius 3 is 2.75 bits per heavy atom. The molecule has 1 aliphatic carbocycles. The van der Waals surface area contributed by atoms with E-state index >= 15 is 0 Å². The summed E-state index contributed by atoms with van der Waals surface area (Å²) in [5, 5.41) is 0. The summed E-state index contributed by atoms with van der Waals surface area (Å²) in [5.74, 6) is 0. The van der Waals surface area contributed by atoms with Gasteiger partial charge in [0, 0.05) is 8.06 Å². The molecular weight excluding hydrogens is 279 g/mol. The van der Waals surface area contributed by atoms with Gasteiger partial charge in [0.2, 0.25) is 0 Å². The number of hydrogen-bond donors (Lipinski definition) is 0. The molecule has 0 saturated carbocycles. The molecule has 0 spiro atoms. The smallest absolute Gasteiger partial charge is 0.0228 e. The predicted octanol–water partition coefficient (Wildman–Crippen LogP) is 3.38. The molecule has 1 rings (SSSR count). The fraction of sp³-hybridized carbons (Fsp3) is 0.333. The molecule has 0 aromatic rings. The second-order valence-electron chi connectivity index (χ2n) is 1.69. The van der Waals surface area contributed by atoms with Crippen LogP contribution in [0.15, 0.2) is 20.2 Å². The molecule has 0 heterocycles. The molecule has 0 unspecified atom stereocenters. The second kappa shape index (κ2) is 3.01. The largest absolute Gasteiger partial charge is 0.0831 e. The molecule has 0 aliphatic heterocycles. The Bertz CT molecular complexity index is 147. The van der Waals surface area contributed by atoms with Crippen LogP contribution in [0, 0.1) is 0 Å². The molecule has 0 bridgehead atoms. The molecule has 1 aliphatic rings. The molecule has 0 saturated heterocycles. The second-order valence-corrected chi connectivity index (χ2v) is 3.81. The van der Waals surface area contributed by atoms with Crippen molar-refractivity contribution in [3.63, 3.8) is 0 Å². The maximum Gasteiger partial charge on any atom is 0.0228 e. The van der Waals surface area contributed by atoms with Crippen LogP contribution in [0.2, 0.25) is 0 Å². The van der Waals surface area contributed by atoms with Crippen molar-refractivity contribution < 1.29 is 0 Å². The van der Waals surface area contributed by atoms with E-state index in [2.05, 4.69) is 50.7 Å². The summed E-state index contributed by atoms with van der Waals surface area (Å²) in [6, 6.07) is 0. The lowest BCUT2D eigenvalue weighted by Gasteiger charge is -2.02. The molecule has 0 nitrogen and oxygen atoms in total. The van der Waals surface area contributed by atoms with Crippen LogP contribution >= 0.6 is 38.5 Å². The fourth-order valence-corrected chi connectivity index (χ4v) is 1.49. The van der Waals surface area contributed by atoms with Gasteiger partial charge in [0.05, 0.1) is 0 Å². The SMILES string of the molecule is BrC1=C(I)C=CCC1. The van der Waals surface area contributed by atoms with Gasteiger partial charge in [-0.15, -0.1) is 0 Å². The van der Waals surface area contributed by atoms with Gasteiger partial charge in [-0.3, -0.25) is 0 Å². The Morgan fingerprint density at radius 2 is 2.38 bits per heavy atom. The first-order chi connectivity index (χ1) is 3.80. The maximum atomic E-state index is 3.47. The molecule has 0 atom stereocenters. The molecule has 2 heteroatoms. The quantitative estimate of drug-likeness (QED) is 0.598. The lowest BCUT2D eigenvalue weighted by Crippen LogP contribution is -1.80. The van der Waals surface area contributed by atoms with Gasteiger partial charge in [-0.25, -0.2) is 0 Å². The molecule has 0 N–H and O–H groups in total. The Hall–Kier alpha value is 0.690. The summed E-state index contributed by atoms with van der Waals surface area (Å²) in [7, 11) is 0. The molecule has 0 aromatic heterocycles. The van der Waals surface area contributed by atoms with Crippen molar-refractivity contribution in [1.82, 2.24) is 0 Å². The summed E-state index contributed by atoms with van der Waals surface area (Å²) in [5.41, 5.74) is 0. The summed E-state index contributed by atoms with van der Waals surface area (Å²) in [6.07, 6.45) is 6.71. The topological polar surface area (TPSA) is 0 Å². The molecule has 0 amide bonds. The molecule has 0 fully saturated rings. The number of rotatable bonds is 0. The maximum absolute atomic E-state index is 3.47. The molecular formula is C6H6BrI. The van der Waals surface area contributed by atoms with Gasteiger partial charge in [0.1, 0.15) is 0 Å². The minimum absolute atomic E-state index is 1.18. The van der Waals surface area contributed by atoms with Gasteiger partial charge in [-0.1, -0.05) is 28.1 Å². The minimum Gasteiger partial charge on any atom is -0.0831 e. The third-order valence-corrected chi connectivity index (χ3v) is 3.63. The average molecular weight is 285 g/mol. The van der Waals surface area contributed by atoms with Crippen molar-refractivity contribution in [3.05, 3.63) is 20.2 Å². The van der Waals surface area contributed by atoms with Gasteiger partial charge in [0.15, 0.2) is 0 Å². The predicted molar refractivity (Wildman–Crippen MR) is 48.3 cm³/mol. The first kappa shape index (κ1) is 6.81. The summed E-state index contributed by atoms with van der Waals surface area (Å²) < 4.78 is 2.69. The Kier molecular flexibility index (Phi) is 2.56. The Labute approximate surface area is 71.3 Å². The first-order valence-electron chi connectivity index (χ1n) is 2.51. The lowest BCUT2D eigenvalue weighted by atomic mass is 10.2. The van der Waals surface area contributed by atoms with E-state index in [1.807, 2.05) is 0 Å². The summed E-state index contributed by atoms with van der Waals surface area (Å²) >= 11 is 5.80. The van der Waals surface area contributed by atoms with Crippen molar-refractivity contribution >= 4 is 38.5 Å². The molecule has 0 radical (unpaired) electrons. The van der Waals surface area contributed by atoms with E-state index in [-0.39, 0.29) is 0 Å². The first-order valence-corrected chi connectivity index (χ1v) is 4.38. The molecule has 44 valence electrons. The standard InChI is InChI=1S/C6H6BrI/c7-5-3-1-2-4-6(5)8/h2,4H,1,3H2. The van der Waals surface area contributed by atoms with E-state index in [1.54, 1.807) is 0 Å². The lowest BCUT2D eigenvalue weighted by molar-refractivity contribution is 1.02. The van der Waals surface area contributed by atoms with Crippen molar-refractivity contribution in [2.75, 3.05) is 0 Å². The number of halogens is 2. The number of allylic oxidation sites excluding steroid dienone is 4. The highest BCUT2D eigenvalue weighted by atomic mass is 127. The van der Waals surface area contributed by atoms with Gasteiger partial charge >= 0.3 is 0 Å². The fourth-order valence-electron chi connectivity index (χ4n) is 0.607. The minimum atomic E-state index is 1.18. The zero-order chi connectivity index (χ0) is 5.98. The van der Waals surface area contributed by atoms with Gasteiger partial charge in [0.25, 0.3) is 0 Å². The van der Waals surface area contributed by atoms with Gasteiger partial charge in [-0.05, 0) is 35.4 Å². The van der Waals surface area contributed by atoms with E-state index in [0.29, 0.717) is 0 Å². The highest BCUT2D eigenvalue weighted by Crippen LogP contribution is 2.27. The van der Waals surface area contributed by atoms with Crippen LogP contribution in [0.5, 0.6) is 0 Å². The van der Waals surface area contributed by atoms with Crippen LogP contribution in [0.1, 0.15) is 12.8 Å². The summed E-state index contributed by atoms with van der Waals surface area (Å²) in [4.78, 5) is 0. The van der Waals surface area contributed by atoms with Crippen molar-refractivity contribution in [2.24, 2.45) is 0 Å². The third kappa shape index (κ3) is 1.58. The van der Waals surface area contributed by atoms with Crippen LogP contribution in [-0.4, -0.2) is 0 Å². The van der Waals surface area contributed by atoms with Crippen LogP contribution in [0.3, 0.4) is 0 Å². The van der Waals surface area contributed by atoms with Crippen LogP contribution < -0.4 is 0 Å². The van der Waals surface area contributed by atoms with Crippen LogP contribution in [-0.2, 0) is 0 Å². The highest BCUT2D eigenvalue weighted by Gasteiger charge is 1.99. The van der Waals surface area contributed by atoms with E-state index in [1.165, 1.54) is 20.9 Å². The normalized spacial score (nSPS) is 19.8. The summed E-state index contributed by atoms with van der Waals surface area (Å²) in [6.45, 7) is 0. The van der Waals surface area contributed by atoms with Crippen molar-refractivity contribution in [3.8, 4) is 0 Å². The van der Waals surface area contributed by atoms with E-state index < -0.39 is 0 Å². The highest BCUT2D eigenvalue weighted by molar-refractivity contribution is 14.1. The Balaban J connectivity index is 2.76. The third-order valence-electron chi connectivity index (χ3n) is 1.05. The number of hydrogen-bond acceptors (Lipinski definition) is 0. The zero-order valence-electron chi connectivity index (χ0n) is 4.32. The van der Waals surface area contributed by atoms with E-state index in [0.717, 1.165) is 0 Å². The van der Waals surface area contributed by atoms with Crippen LogP contribution in [0.25, 0.3) is 0 Å². The van der Waals surface area contributed by atoms with E-state index in [9.17, 15) is 0 Å². The van der Waals surface area contributed by atoms with Gasteiger partial charge in [-0.2, -0.15) is 0 Å². The van der Waals surface area contributed by atoms with Crippen molar-refractivity contribution in [2.45, 2.75) is 12.8 Å². The van der Waals surface area contributed by atoms with Crippen molar-refractivity contribution in [1.29, 1.82) is 0 Å². The van der Waals surface area contributed by atoms with E-state index in [4.69, 9.17) is 0 Å². The molecule has 8 heavy (non-hydrogen) atoms. The average Bonchev–Trinajstić information content (AvgIpc) is 1.77. The monoisotopic (exact) mass is 284 g/mol. The van der Waals surface area contributed by atoms with Crippen LogP contribution in [0.4, 0.5) is 0 Å². The Morgan fingerprint density at radius 1 is 1.62 bits per heavy atom. The van der Waals surface area contributed by atoms with Gasteiger partial charge < -0.3 is 0 Å².